The van der Waals surface area contributed by atoms with Gasteiger partial charge in [0.15, 0.2) is 0 Å². The van der Waals surface area contributed by atoms with Crippen LogP contribution in [0.5, 0.6) is 11.5 Å². The van der Waals surface area contributed by atoms with Crippen molar-refractivity contribution >= 4 is 5.69 Å². The van der Waals surface area contributed by atoms with E-state index in [4.69, 9.17) is 9.47 Å². The third-order valence-corrected chi connectivity index (χ3v) is 3.31. The second-order valence-corrected chi connectivity index (χ2v) is 4.84. The van der Waals surface area contributed by atoms with Crippen LogP contribution in [-0.4, -0.2) is 14.2 Å². The average Bonchev–Trinajstić information content (AvgIpc) is 2.47. The minimum absolute atomic E-state index is 0.151. The maximum Gasteiger partial charge on any atom is 0.124 e. The van der Waals surface area contributed by atoms with Crippen molar-refractivity contribution in [2.45, 2.75) is 19.9 Å². The van der Waals surface area contributed by atoms with Gasteiger partial charge in [0.25, 0.3) is 0 Å². The van der Waals surface area contributed by atoms with Crippen molar-refractivity contribution in [1.29, 1.82) is 0 Å². The van der Waals surface area contributed by atoms with Gasteiger partial charge in [-0.05, 0) is 37.6 Å². The van der Waals surface area contributed by atoms with Gasteiger partial charge in [-0.1, -0.05) is 18.2 Å². The van der Waals surface area contributed by atoms with E-state index in [0.29, 0.717) is 0 Å². The van der Waals surface area contributed by atoms with Crippen molar-refractivity contribution in [2.75, 3.05) is 19.5 Å². The van der Waals surface area contributed by atoms with E-state index in [9.17, 15) is 0 Å². The normalized spacial score (nSPS) is 11.8. The maximum absolute atomic E-state index is 5.47. The van der Waals surface area contributed by atoms with Crippen molar-refractivity contribution in [3.05, 3.63) is 53.6 Å². The molecule has 0 aliphatic rings. The lowest BCUT2D eigenvalue weighted by atomic mass is 10.0. The quantitative estimate of drug-likeness (QED) is 0.884. The molecule has 1 unspecified atom stereocenters. The Morgan fingerprint density at radius 3 is 2.50 bits per heavy atom. The van der Waals surface area contributed by atoms with E-state index in [1.165, 1.54) is 5.56 Å². The molecular weight excluding hydrogens is 250 g/mol. The molecule has 0 aliphatic heterocycles. The summed E-state index contributed by atoms with van der Waals surface area (Å²) in [4.78, 5) is 0. The molecule has 0 heterocycles. The fourth-order valence-corrected chi connectivity index (χ4v) is 2.22. The third-order valence-electron chi connectivity index (χ3n) is 3.31. The van der Waals surface area contributed by atoms with E-state index in [1.807, 2.05) is 24.3 Å². The summed E-state index contributed by atoms with van der Waals surface area (Å²) in [7, 11) is 3.38. The van der Waals surface area contributed by atoms with E-state index >= 15 is 0 Å². The van der Waals surface area contributed by atoms with Crippen molar-refractivity contribution in [3.63, 3.8) is 0 Å². The minimum Gasteiger partial charge on any atom is -0.497 e. The number of rotatable bonds is 5. The van der Waals surface area contributed by atoms with E-state index < -0.39 is 0 Å². The molecule has 2 aromatic carbocycles. The monoisotopic (exact) mass is 271 g/mol. The summed E-state index contributed by atoms with van der Waals surface area (Å²) in [5.74, 6) is 1.76. The molecule has 20 heavy (non-hydrogen) atoms. The number of benzene rings is 2. The largest absolute Gasteiger partial charge is 0.497 e. The lowest BCUT2D eigenvalue weighted by Crippen LogP contribution is -2.08. The Morgan fingerprint density at radius 2 is 1.80 bits per heavy atom. The van der Waals surface area contributed by atoms with Gasteiger partial charge in [0.2, 0.25) is 0 Å². The van der Waals surface area contributed by atoms with Crippen molar-refractivity contribution in [3.8, 4) is 11.5 Å². The first kappa shape index (κ1) is 14.3. The summed E-state index contributed by atoms with van der Waals surface area (Å²) in [6.45, 7) is 4.18. The predicted octanol–water partition coefficient (Wildman–Crippen LogP) is 4.19. The van der Waals surface area contributed by atoms with Crippen molar-refractivity contribution < 1.29 is 9.47 Å². The highest BCUT2D eigenvalue weighted by Gasteiger charge is 2.11. The first-order chi connectivity index (χ1) is 9.63. The van der Waals surface area contributed by atoms with Gasteiger partial charge < -0.3 is 14.8 Å². The molecule has 2 aromatic rings. The van der Waals surface area contributed by atoms with Crippen LogP contribution < -0.4 is 14.8 Å². The molecule has 0 saturated heterocycles. The van der Waals surface area contributed by atoms with Gasteiger partial charge in [0.1, 0.15) is 11.5 Å². The summed E-state index contributed by atoms with van der Waals surface area (Å²) in [5.41, 5.74) is 3.36. The number of aryl methyl sites for hydroxylation is 1. The van der Waals surface area contributed by atoms with E-state index in [2.05, 4.69) is 37.4 Å². The summed E-state index contributed by atoms with van der Waals surface area (Å²) in [5, 5.41) is 3.47. The summed E-state index contributed by atoms with van der Waals surface area (Å²) in [6, 6.07) is 14.3. The van der Waals surface area contributed by atoms with Crippen LogP contribution in [0.2, 0.25) is 0 Å². The highest BCUT2D eigenvalue weighted by atomic mass is 16.5. The number of hydrogen-bond donors (Lipinski definition) is 1. The molecule has 0 aromatic heterocycles. The zero-order valence-electron chi connectivity index (χ0n) is 12.4. The van der Waals surface area contributed by atoms with Gasteiger partial charge in [-0.15, -0.1) is 0 Å². The first-order valence-corrected chi connectivity index (χ1v) is 6.69. The Labute approximate surface area is 120 Å². The second-order valence-electron chi connectivity index (χ2n) is 4.84. The molecule has 106 valence electrons. The molecule has 0 fully saturated rings. The van der Waals surface area contributed by atoms with Gasteiger partial charge in [0.05, 0.1) is 20.3 Å². The van der Waals surface area contributed by atoms with Crippen LogP contribution in [0.15, 0.2) is 42.5 Å². The second kappa shape index (κ2) is 6.33. The molecule has 2 rings (SSSR count). The topological polar surface area (TPSA) is 30.5 Å². The zero-order chi connectivity index (χ0) is 14.5. The zero-order valence-corrected chi connectivity index (χ0v) is 12.4. The molecule has 1 N–H and O–H groups in total. The lowest BCUT2D eigenvalue weighted by Gasteiger charge is -2.19. The molecule has 0 spiro atoms. The Hall–Kier alpha value is -2.16. The van der Waals surface area contributed by atoms with Gasteiger partial charge in [-0.2, -0.15) is 0 Å². The summed E-state index contributed by atoms with van der Waals surface area (Å²) in [6.07, 6.45) is 0. The van der Waals surface area contributed by atoms with Crippen LogP contribution in [0.25, 0.3) is 0 Å². The first-order valence-electron chi connectivity index (χ1n) is 6.69. The molecule has 0 radical (unpaired) electrons. The van der Waals surface area contributed by atoms with E-state index in [1.54, 1.807) is 14.2 Å². The van der Waals surface area contributed by atoms with Gasteiger partial charge in [0, 0.05) is 17.3 Å². The minimum atomic E-state index is 0.151. The standard InChI is InChI=1S/C17H21NO2/c1-12-8-9-16(17(10-12)20-4)13(2)18-14-6-5-7-15(11-14)19-3/h5-11,13,18H,1-4H3. The Balaban J connectivity index is 2.21. The van der Waals surface area contributed by atoms with Crippen molar-refractivity contribution in [2.24, 2.45) is 0 Å². The molecule has 0 saturated carbocycles. The van der Waals surface area contributed by atoms with Crippen LogP contribution >= 0.6 is 0 Å². The van der Waals surface area contributed by atoms with Gasteiger partial charge in [-0.25, -0.2) is 0 Å². The molecule has 1 atom stereocenters. The SMILES string of the molecule is COc1cccc(NC(C)c2ccc(C)cc2OC)c1. The summed E-state index contributed by atoms with van der Waals surface area (Å²) >= 11 is 0. The maximum atomic E-state index is 5.47. The van der Waals surface area contributed by atoms with Crippen LogP contribution in [-0.2, 0) is 0 Å². The molecule has 0 aliphatic carbocycles. The Morgan fingerprint density at radius 1 is 1.00 bits per heavy atom. The lowest BCUT2D eigenvalue weighted by molar-refractivity contribution is 0.407. The highest BCUT2D eigenvalue weighted by Crippen LogP contribution is 2.29. The van der Waals surface area contributed by atoms with Crippen LogP contribution in [0.1, 0.15) is 24.1 Å². The van der Waals surface area contributed by atoms with Gasteiger partial charge in [-0.3, -0.25) is 0 Å². The molecule has 0 bridgehead atoms. The van der Waals surface area contributed by atoms with Crippen LogP contribution in [0.4, 0.5) is 5.69 Å². The Bertz CT molecular complexity index is 581. The number of nitrogens with one attached hydrogen (secondary N) is 1. The molecular formula is C17H21NO2. The fraction of sp³-hybridized carbons (Fsp3) is 0.294. The van der Waals surface area contributed by atoms with Crippen LogP contribution in [0.3, 0.4) is 0 Å². The fourth-order valence-electron chi connectivity index (χ4n) is 2.22. The average molecular weight is 271 g/mol. The van der Waals surface area contributed by atoms with Crippen LogP contribution in [0, 0.1) is 6.92 Å². The third kappa shape index (κ3) is 3.23. The molecule has 3 nitrogen and oxygen atoms in total. The summed E-state index contributed by atoms with van der Waals surface area (Å²) < 4.78 is 10.7. The van der Waals surface area contributed by atoms with E-state index in [-0.39, 0.29) is 6.04 Å². The number of anilines is 1. The highest BCUT2D eigenvalue weighted by molar-refractivity contribution is 5.51. The number of hydrogen-bond acceptors (Lipinski definition) is 3. The molecule has 3 heteroatoms. The number of ether oxygens (including phenoxy) is 2. The van der Waals surface area contributed by atoms with Gasteiger partial charge >= 0.3 is 0 Å². The smallest absolute Gasteiger partial charge is 0.124 e. The molecule has 0 amide bonds. The predicted molar refractivity (Wildman–Crippen MR) is 82.8 cm³/mol. The Kier molecular flexibility index (Phi) is 4.51. The van der Waals surface area contributed by atoms with E-state index in [0.717, 1.165) is 22.7 Å². The number of methoxy groups -OCH3 is 2. The van der Waals surface area contributed by atoms with Crippen molar-refractivity contribution in [1.82, 2.24) is 0 Å².